The Balaban J connectivity index is 1.84. The number of likely N-dealkylation sites (N-methyl/N-ethyl adjacent to an activating group) is 1. The first kappa shape index (κ1) is 12.2. The predicted molar refractivity (Wildman–Crippen MR) is 76.1 cm³/mol. The Kier molecular flexibility index (Phi) is 3.67. The number of benzene rings is 1. The predicted octanol–water partition coefficient (Wildman–Crippen LogP) is 2.57. The number of hydrogen-bond acceptors (Lipinski definition) is 2. The molecule has 0 spiro atoms. The molecule has 2 saturated heterocycles. The summed E-state index contributed by atoms with van der Waals surface area (Å²) in [4.78, 5) is 2.46. The molecular weight excluding hydrogens is 220 g/mol. The van der Waals surface area contributed by atoms with Crippen LogP contribution in [-0.4, -0.2) is 38.1 Å². The van der Waals surface area contributed by atoms with Crippen LogP contribution in [0.4, 0.5) is 0 Å². The number of nitrogens with one attached hydrogen (secondary N) is 1. The van der Waals surface area contributed by atoms with E-state index in [1.807, 2.05) is 0 Å². The lowest BCUT2D eigenvalue weighted by atomic mass is 9.83. The van der Waals surface area contributed by atoms with E-state index in [1.165, 1.54) is 45.4 Å². The molecule has 2 heteroatoms. The van der Waals surface area contributed by atoms with Crippen LogP contribution in [0.3, 0.4) is 0 Å². The van der Waals surface area contributed by atoms with Gasteiger partial charge in [0.05, 0.1) is 0 Å². The topological polar surface area (TPSA) is 15.3 Å². The third kappa shape index (κ3) is 2.45. The van der Waals surface area contributed by atoms with Gasteiger partial charge in [-0.3, -0.25) is 0 Å². The van der Waals surface area contributed by atoms with Gasteiger partial charge >= 0.3 is 0 Å². The van der Waals surface area contributed by atoms with Gasteiger partial charge in [-0.25, -0.2) is 0 Å². The zero-order valence-electron chi connectivity index (χ0n) is 11.4. The maximum atomic E-state index is 3.55. The molecule has 0 bridgehead atoms. The number of hydrogen-bond donors (Lipinski definition) is 1. The lowest BCUT2D eigenvalue weighted by molar-refractivity contribution is 0.410. The van der Waals surface area contributed by atoms with E-state index in [-0.39, 0.29) is 0 Å². The largest absolute Gasteiger partial charge is 0.316 e. The highest BCUT2D eigenvalue weighted by Crippen LogP contribution is 2.34. The van der Waals surface area contributed by atoms with Crippen LogP contribution in [0.5, 0.6) is 0 Å². The van der Waals surface area contributed by atoms with Gasteiger partial charge in [0, 0.05) is 13.1 Å². The quantitative estimate of drug-likeness (QED) is 0.860. The molecule has 2 nitrogen and oxygen atoms in total. The maximum Gasteiger partial charge on any atom is 0.00478 e. The molecule has 3 rings (SSSR count). The minimum absolute atomic E-state index is 0.737. The first-order valence-corrected chi connectivity index (χ1v) is 7.32. The summed E-state index contributed by atoms with van der Waals surface area (Å²) in [6, 6.07) is 9.17. The molecule has 1 N–H and O–H groups in total. The van der Waals surface area contributed by atoms with Crippen LogP contribution in [0.25, 0.3) is 0 Å². The first-order chi connectivity index (χ1) is 8.84. The van der Waals surface area contributed by atoms with Crippen LogP contribution in [-0.2, 0) is 0 Å². The van der Waals surface area contributed by atoms with Crippen molar-refractivity contribution in [1.82, 2.24) is 10.2 Å². The van der Waals surface area contributed by atoms with Gasteiger partial charge in [0.15, 0.2) is 0 Å². The molecular formula is C16H24N2. The highest BCUT2D eigenvalue weighted by Gasteiger charge is 2.26. The monoisotopic (exact) mass is 244 g/mol. The van der Waals surface area contributed by atoms with E-state index in [1.54, 1.807) is 11.1 Å². The van der Waals surface area contributed by atoms with E-state index in [4.69, 9.17) is 0 Å². The third-order valence-electron chi connectivity index (χ3n) is 4.56. The second-order valence-corrected chi connectivity index (χ2v) is 5.92. The summed E-state index contributed by atoms with van der Waals surface area (Å²) in [5.41, 5.74) is 3.24. The van der Waals surface area contributed by atoms with Crippen LogP contribution in [0, 0.1) is 0 Å². The SMILES string of the molecule is CN1CCC(c2ccccc2C2CCCNC2)C1. The number of likely N-dealkylation sites (tertiary alicyclic amines) is 1. The smallest absolute Gasteiger partial charge is 0.00478 e. The summed E-state index contributed by atoms with van der Waals surface area (Å²) in [5.74, 6) is 1.49. The van der Waals surface area contributed by atoms with E-state index in [9.17, 15) is 0 Å². The van der Waals surface area contributed by atoms with Gasteiger partial charge < -0.3 is 10.2 Å². The molecule has 0 aromatic heterocycles. The summed E-state index contributed by atoms with van der Waals surface area (Å²) in [7, 11) is 2.24. The van der Waals surface area contributed by atoms with Crippen molar-refractivity contribution < 1.29 is 0 Å². The van der Waals surface area contributed by atoms with Crippen molar-refractivity contribution in [2.45, 2.75) is 31.1 Å². The van der Waals surface area contributed by atoms with Crippen LogP contribution < -0.4 is 5.32 Å². The Hall–Kier alpha value is -0.860. The third-order valence-corrected chi connectivity index (χ3v) is 4.56. The fourth-order valence-electron chi connectivity index (χ4n) is 3.56. The summed E-state index contributed by atoms with van der Waals surface area (Å²) in [6.07, 6.45) is 4.00. The zero-order chi connectivity index (χ0) is 12.4. The van der Waals surface area contributed by atoms with Crippen molar-refractivity contribution in [3.63, 3.8) is 0 Å². The van der Waals surface area contributed by atoms with Crippen molar-refractivity contribution >= 4 is 0 Å². The van der Waals surface area contributed by atoms with E-state index < -0.39 is 0 Å². The lowest BCUT2D eigenvalue weighted by Crippen LogP contribution is -2.29. The van der Waals surface area contributed by atoms with Gasteiger partial charge in [-0.2, -0.15) is 0 Å². The normalized spacial score (nSPS) is 29.6. The minimum atomic E-state index is 0.737. The molecule has 18 heavy (non-hydrogen) atoms. The Labute approximate surface area is 110 Å². The number of nitrogens with zero attached hydrogens (tertiary/aromatic N) is 1. The fourth-order valence-corrected chi connectivity index (χ4v) is 3.56. The van der Waals surface area contributed by atoms with Crippen molar-refractivity contribution in [2.75, 3.05) is 33.2 Å². The van der Waals surface area contributed by atoms with Crippen LogP contribution in [0.1, 0.15) is 42.2 Å². The Morgan fingerprint density at radius 2 is 1.89 bits per heavy atom. The average molecular weight is 244 g/mol. The maximum absolute atomic E-state index is 3.55. The molecule has 0 radical (unpaired) electrons. The minimum Gasteiger partial charge on any atom is -0.316 e. The molecule has 2 unspecified atom stereocenters. The molecule has 98 valence electrons. The summed E-state index contributed by atoms with van der Waals surface area (Å²) in [5, 5.41) is 3.55. The van der Waals surface area contributed by atoms with Gasteiger partial charge in [-0.1, -0.05) is 24.3 Å². The second-order valence-electron chi connectivity index (χ2n) is 5.92. The van der Waals surface area contributed by atoms with Gasteiger partial charge in [-0.15, -0.1) is 0 Å². The molecule has 0 saturated carbocycles. The van der Waals surface area contributed by atoms with E-state index in [0.29, 0.717) is 0 Å². The van der Waals surface area contributed by atoms with Gasteiger partial charge in [0.25, 0.3) is 0 Å². The van der Waals surface area contributed by atoms with Gasteiger partial charge in [-0.05, 0) is 62.4 Å². The van der Waals surface area contributed by atoms with Crippen molar-refractivity contribution in [2.24, 2.45) is 0 Å². The van der Waals surface area contributed by atoms with Gasteiger partial charge in [0.2, 0.25) is 0 Å². The molecule has 2 aliphatic rings. The van der Waals surface area contributed by atoms with E-state index in [0.717, 1.165) is 11.8 Å². The zero-order valence-corrected chi connectivity index (χ0v) is 11.4. The molecule has 2 atom stereocenters. The Bertz CT molecular complexity index is 372. The van der Waals surface area contributed by atoms with Crippen molar-refractivity contribution in [3.05, 3.63) is 35.4 Å². The first-order valence-electron chi connectivity index (χ1n) is 7.32. The Morgan fingerprint density at radius 1 is 1.11 bits per heavy atom. The molecule has 0 aliphatic carbocycles. The molecule has 2 fully saturated rings. The summed E-state index contributed by atoms with van der Waals surface area (Å²) < 4.78 is 0. The van der Waals surface area contributed by atoms with Crippen LogP contribution in [0.15, 0.2) is 24.3 Å². The van der Waals surface area contributed by atoms with Gasteiger partial charge in [0.1, 0.15) is 0 Å². The second kappa shape index (κ2) is 5.41. The van der Waals surface area contributed by atoms with Crippen molar-refractivity contribution in [1.29, 1.82) is 0 Å². The fraction of sp³-hybridized carbons (Fsp3) is 0.625. The highest BCUT2D eigenvalue weighted by molar-refractivity contribution is 5.35. The Morgan fingerprint density at radius 3 is 2.50 bits per heavy atom. The summed E-state index contributed by atoms with van der Waals surface area (Å²) >= 11 is 0. The van der Waals surface area contributed by atoms with Crippen LogP contribution >= 0.6 is 0 Å². The molecule has 1 aromatic carbocycles. The van der Waals surface area contributed by atoms with E-state index in [2.05, 4.69) is 41.5 Å². The highest BCUT2D eigenvalue weighted by atomic mass is 15.1. The molecule has 0 amide bonds. The number of piperidine rings is 1. The lowest BCUT2D eigenvalue weighted by Gasteiger charge is -2.27. The molecule has 1 aromatic rings. The van der Waals surface area contributed by atoms with Crippen molar-refractivity contribution in [3.8, 4) is 0 Å². The standard InChI is InChI=1S/C16H24N2/c1-18-10-8-14(12-18)16-7-3-2-6-15(16)13-5-4-9-17-11-13/h2-3,6-7,13-14,17H,4-5,8-12H2,1H3. The van der Waals surface area contributed by atoms with E-state index >= 15 is 0 Å². The molecule has 2 aliphatic heterocycles. The summed E-state index contributed by atoms with van der Waals surface area (Å²) in [6.45, 7) is 4.85. The molecule has 2 heterocycles. The number of rotatable bonds is 2. The van der Waals surface area contributed by atoms with Crippen LogP contribution in [0.2, 0.25) is 0 Å². The average Bonchev–Trinajstić information content (AvgIpc) is 2.86.